The summed E-state index contributed by atoms with van der Waals surface area (Å²) in [4.78, 5) is 5.54. The summed E-state index contributed by atoms with van der Waals surface area (Å²) in [5.41, 5.74) is 2.72. The number of pyridine rings is 1. The van der Waals surface area contributed by atoms with E-state index in [-0.39, 0.29) is 0 Å². The third-order valence-corrected chi connectivity index (χ3v) is 4.57. The zero-order valence-corrected chi connectivity index (χ0v) is 15.0. The molecule has 0 fully saturated rings. The lowest BCUT2D eigenvalue weighted by Crippen LogP contribution is -1.99. The Morgan fingerprint density at radius 3 is 2.68 bits per heavy atom. The fraction of sp³-hybridized carbons (Fsp3) is 0.158. The maximum Gasteiger partial charge on any atom is 0.187 e. The van der Waals surface area contributed by atoms with Crippen molar-refractivity contribution in [3.8, 4) is 17.6 Å². The van der Waals surface area contributed by atoms with E-state index in [0.29, 0.717) is 28.3 Å². The van der Waals surface area contributed by atoms with Crippen LogP contribution in [-0.2, 0) is 0 Å². The van der Waals surface area contributed by atoms with Crippen molar-refractivity contribution in [1.82, 2.24) is 4.98 Å². The van der Waals surface area contributed by atoms with Crippen molar-refractivity contribution in [1.29, 1.82) is 5.26 Å². The van der Waals surface area contributed by atoms with Crippen molar-refractivity contribution >= 4 is 34.0 Å². The van der Waals surface area contributed by atoms with Crippen LogP contribution in [0.15, 0.2) is 47.5 Å². The quantitative estimate of drug-likeness (QED) is 0.678. The minimum atomic E-state index is 0.467. The Bertz CT molecular complexity index is 967. The number of nitrogens with zero attached hydrogens (tertiary/aromatic N) is 2. The Labute approximate surface area is 150 Å². The Kier molecular flexibility index (Phi) is 4.96. The summed E-state index contributed by atoms with van der Waals surface area (Å²) in [6.45, 7) is 0. The zero-order chi connectivity index (χ0) is 17.8. The van der Waals surface area contributed by atoms with Gasteiger partial charge in [-0.05, 0) is 36.6 Å². The summed E-state index contributed by atoms with van der Waals surface area (Å²) < 4.78 is 10.8. The molecule has 0 unspecified atom stereocenters. The van der Waals surface area contributed by atoms with Crippen LogP contribution in [-0.4, -0.2) is 25.5 Å². The second-order valence-corrected chi connectivity index (χ2v) is 6.09. The van der Waals surface area contributed by atoms with Gasteiger partial charge in [0.15, 0.2) is 11.5 Å². The monoisotopic (exact) mass is 351 g/mol. The van der Waals surface area contributed by atoms with E-state index in [1.165, 1.54) is 0 Å². The molecule has 1 aromatic heterocycles. The highest BCUT2D eigenvalue weighted by Crippen LogP contribution is 2.39. The van der Waals surface area contributed by atoms with Crippen molar-refractivity contribution in [3.63, 3.8) is 0 Å². The van der Waals surface area contributed by atoms with Gasteiger partial charge in [0.25, 0.3) is 0 Å². The Morgan fingerprint density at radius 2 is 2.00 bits per heavy atom. The first kappa shape index (κ1) is 16.9. The van der Waals surface area contributed by atoms with E-state index in [0.717, 1.165) is 16.0 Å². The Hall–Kier alpha value is -2.91. The predicted molar refractivity (Wildman–Crippen MR) is 101 cm³/mol. The number of aromatic nitrogens is 1. The Morgan fingerprint density at radius 1 is 1.16 bits per heavy atom. The number of ether oxygens (including phenoxy) is 2. The van der Waals surface area contributed by atoms with E-state index in [1.807, 2.05) is 42.7 Å². The second-order valence-electron chi connectivity index (χ2n) is 5.21. The fourth-order valence-corrected chi connectivity index (χ4v) is 3.10. The van der Waals surface area contributed by atoms with E-state index >= 15 is 0 Å². The first-order chi connectivity index (χ1) is 12.2. The van der Waals surface area contributed by atoms with Crippen LogP contribution in [0.4, 0.5) is 11.4 Å². The molecule has 126 valence electrons. The number of hydrogen-bond donors (Lipinski definition) is 1. The molecule has 0 saturated heterocycles. The molecule has 0 bridgehead atoms. The highest BCUT2D eigenvalue weighted by molar-refractivity contribution is 7.98. The molecule has 0 saturated carbocycles. The molecular formula is C19H17N3O2S. The SMILES string of the molecule is COc1ccc2c(Nc3cccc(SC)c3)c(C#N)cnc2c1OC. The molecular weight excluding hydrogens is 334 g/mol. The van der Waals surface area contributed by atoms with Crippen molar-refractivity contribution in [2.45, 2.75) is 4.90 Å². The number of methoxy groups -OCH3 is 2. The van der Waals surface area contributed by atoms with Crippen LogP contribution in [0.25, 0.3) is 10.9 Å². The molecule has 25 heavy (non-hydrogen) atoms. The van der Waals surface area contributed by atoms with Gasteiger partial charge in [-0.15, -0.1) is 11.8 Å². The molecule has 0 atom stereocenters. The van der Waals surface area contributed by atoms with Crippen molar-refractivity contribution in [2.75, 3.05) is 25.8 Å². The van der Waals surface area contributed by atoms with Gasteiger partial charge in [0.05, 0.1) is 25.5 Å². The molecule has 1 heterocycles. The lowest BCUT2D eigenvalue weighted by molar-refractivity contribution is 0.358. The number of hydrogen-bond acceptors (Lipinski definition) is 6. The molecule has 0 radical (unpaired) electrons. The zero-order valence-electron chi connectivity index (χ0n) is 14.2. The van der Waals surface area contributed by atoms with E-state index in [2.05, 4.69) is 16.4 Å². The summed E-state index contributed by atoms with van der Waals surface area (Å²) in [7, 11) is 3.16. The molecule has 5 nitrogen and oxygen atoms in total. The molecule has 2 aromatic carbocycles. The van der Waals surface area contributed by atoms with E-state index in [1.54, 1.807) is 32.2 Å². The number of benzene rings is 2. The number of anilines is 2. The normalized spacial score (nSPS) is 10.3. The highest BCUT2D eigenvalue weighted by Gasteiger charge is 2.16. The van der Waals surface area contributed by atoms with E-state index in [4.69, 9.17) is 9.47 Å². The standard InChI is InChI=1S/C19H17N3O2S/c1-23-16-8-7-15-17(22-13-5-4-6-14(9-13)25-3)12(10-20)11-21-18(15)19(16)24-2/h4-9,11H,1-3H3,(H,21,22). The van der Waals surface area contributed by atoms with Crippen molar-refractivity contribution < 1.29 is 9.47 Å². The maximum atomic E-state index is 9.49. The van der Waals surface area contributed by atoms with Crippen LogP contribution in [0, 0.1) is 11.3 Å². The van der Waals surface area contributed by atoms with Crippen molar-refractivity contribution in [3.05, 3.63) is 48.2 Å². The average molecular weight is 351 g/mol. The molecule has 0 aliphatic rings. The van der Waals surface area contributed by atoms with Crippen LogP contribution in [0.2, 0.25) is 0 Å². The summed E-state index contributed by atoms with van der Waals surface area (Å²) in [5, 5.41) is 13.6. The fourth-order valence-electron chi connectivity index (χ4n) is 2.64. The molecule has 3 rings (SSSR count). The lowest BCUT2D eigenvalue weighted by Gasteiger charge is -2.15. The highest BCUT2D eigenvalue weighted by atomic mass is 32.2. The van der Waals surface area contributed by atoms with Crippen molar-refractivity contribution in [2.24, 2.45) is 0 Å². The first-order valence-corrected chi connectivity index (χ1v) is 8.79. The molecule has 1 N–H and O–H groups in total. The molecule has 6 heteroatoms. The number of rotatable bonds is 5. The van der Waals surface area contributed by atoms with Gasteiger partial charge in [-0.1, -0.05) is 6.07 Å². The van der Waals surface area contributed by atoms with Gasteiger partial charge < -0.3 is 14.8 Å². The third kappa shape index (κ3) is 3.19. The minimum absolute atomic E-state index is 0.467. The second kappa shape index (κ2) is 7.32. The van der Waals surface area contributed by atoms with Crippen LogP contribution >= 0.6 is 11.8 Å². The maximum absolute atomic E-state index is 9.49. The molecule has 3 aromatic rings. The summed E-state index contributed by atoms with van der Waals surface area (Å²) >= 11 is 1.66. The summed E-state index contributed by atoms with van der Waals surface area (Å²) in [6.07, 6.45) is 3.57. The minimum Gasteiger partial charge on any atom is -0.493 e. The predicted octanol–water partition coefficient (Wildman–Crippen LogP) is 4.59. The Balaban J connectivity index is 2.20. The van der Waals surface area contributed by atoms with Gasteiger partial charge in [-0.2, -0.15) is 5.26 Å². The van der Waals surface area contributed by atoms with E-state index in [9.17, 15) is 5.26 Å². The van der Waals surface area contributed by atoms with Crippen LogP contribution in [0.1, 0.15) is 5.56 Å². The molecule has 0 spiro atoms. The lowest BCUT2D eigenvalue weighted by atomic mass is 10.1. The number of thioether (sulfide) groups is 1. The van der Waals surface area contributed by atoms with Gasteiger partial charge in [-0.3, -0.25) is 4.98 Å². The molecule has 0 amide bonds. The van der Waals surface area contributed by atoms with Gasteiger partial charge in [0, 0.05) is 22.2 Å². The molecule has 0 aliphatic heterocycles. The van der Waals surface area contributed by atoms with Crippen LogP contribution in [0.5, 0.6) is 11.5 Å². The summed E-state index contributed by atoms with van der Waals surface area (Å²) in [5.74, 6) is 1.15. The third-order valence-electron chi connectivity index (χ3n) is 3.84. The van der Waals surface area contributed by atoms with Gasteiger partial charge >= 0.3 is 0 Å². The number of nitriles is 1. The van der Waals surface area contributed by atoms with Crippen LogP contribution < -0.4 is 14.8 Å². The largest absolute Gasteiger partial charge is 0.493 e. The van der Waals surface area contributed by atoms with Gasteiger partial charge in [0.2, 0.25) is 0 Å². The van der Waals surface area contributed by atoms with Gasteiger partial charge in [0.1, 0.15) is 11.6 Å². The summed E-state index contributed by atoms with van der Waals surface area (Å²) in [6, 6.07) is 13.9. The number of fused-ring (bicyclic) bond motifs is 1. The average Bonchev–Trinajstić information content (AvgIpc) is 2.67. The topological polar surface area (TPSA) is 67.2 Å². The van der Waals surface area contributed by atoms with E-state index < -0.39 is 0 Å². The van der Waals surface area contributed by atoms with Crippen LogP contribution in [0.3, 0.4) is 0 Å². The first-order valence-electron chi connectivity index (χ1n) is 7.56. The van der Waals surface area contributed by atoms with Gasteiger partial charge in [-0.25, -0.2) is 0 Å². The smallest absolute Gasteiger partial charge is 0.187 e. The number of nitrogens with one attached hydrogen (secondary N) is 1. The molecule has 0 aliphatic carbocycles.